The monoisotopic (exact) mass is 229 g/mol. The first-order valence-electron chi connectivity index (χ1n) is 4.31. The second-order valence-corrected chi connectivity index (χ2v) is 3.75. The predicted molar refractivity (Wildman–Crippen MR) is 46.4 cm³/mol. The lowest BCUT2D eigenvalue weighted by Gasteiger charge is -2.37. The van der Waals surface area contributed by atoms with Crippen molar-refractivity contribution in [2.75, 3.05) is 6.54 Å². The van der Waals surface area contributed by atoms with Gasteiger partial charge in [-0.25, -0.2) is 4.79 Å². The molecule has 0 aromatic rings. The highest BCUT2D eigenvalue weighted by atomic mass is 19.4. The fourth-order valence-corrected chi connectivity index (χ4v) is 0.892. The number of hydrogen-bond acceptors (Lipinski definition) is 3. The van der Waals surface area contributed by atoms with Crippen molar-refractivity contribution in [3.8, 4) is 0 Å². The third-order valence-electron chi connectivity index (χ3n) is 1.92. The van der Waals surface area contributed by atoms with Crippen molar-refractivity contribution in [1.82, 2.24) is 5.32 Å². The third-order valence-corrected chi connectivity index (χ3v) is 1.92. The topological polar surface area (TPSA) is 69.6 Å². The average molecular weight is 229 g/mol. The van der Waals surface area contributed by atoms with Gasteiger partial charge >= 0.3 is 12.1 Å². The van der Waals surface area contributed by atoms with E-state index in [0.29, 0.717) is 6.04 Å². The van der Waals surface area contributed by atoms with E-state index in [9.17, 15) is 18.3 Å². The van der Waals surface area contributed by atoms with Crippen molar-refractivity contribution >= 4 is 5.97 Å². The van der Waals surface area contributed by atoms with Crippen LogP contribution < -0.4 is 5.32 Å². The quantitative estimate of drug-likeness (QED) is 0.620. The van der Waals surface area contributed by atoms with Crippen molar-refractivity contribution < 1.29 is 28.2 Å². The summed E-state index contributed by atoms with van der Waals surface area (Å²) in [6, 6.07) is 0.336. The van der Waals surface area contributed by atoms with Crippen LogP contribution in [0.25, 0.3) is 0 Å². The van der Waals surface area contributed by atoms with E-state index in [-0.39, 0.29) is 0 Å². The smallest absolute Gasteiger partial charge is 0.475 e. The van der Waals surface area contributed by atoms with Gasteiger partial charge in [-0.2, -0.15) is 13.2 Å². The van der Waals surface area contributed by atoms with Crippen LogP contribution in [0.15, 0.2) is 0 Å². The molecule has 1 rings (SSSR count). The average Bonchev–Trinajstić information content (AvgIpc) is 1.76. The largest absolute Gasteiger partial charge is 0.490 e. The SMILES string of the molecule is CC(C)(O)[C@H]1CCN1.O=C(O)C(F)(F)F. The van der Waals surface area contributed by atoms with E-state index in [0.717, 1.165) is 13.0 Å². The molecule has 4 nitrogen and oxygen atoms in total. The summed E-state index contributed by atoms with van der Waals surface area (Å²) >= 11 is 0. The maximum absolute atomic E-state index is 10.6. The number of carboxylic acid groups (broad SMARTS) is 1. The molecule has 0 aliphatic carbocycles. The minimum Gasteiger partial charge on any atom is -0.475 e. The summed E-state index contributed by atoms with van der Waals surface area (Å²) in [5.74, 6) is -2.76. The van der Waals surface area contributed by atoms with Gasteiger partial charge in [0, 0.05) is 6.04 Å². The van der Waals surface area contributed by atoms with Crippen LogP contribution in [0.1, 0.15) is 20.3 Å². The zero-order chi connectivity index (χ0) is 12.3. The Morgan fingerprint density at radius 1 is 1.40 bits per heavy atom. The summed E-state index contributed by atoms with van der Waals surface area (Å²) < 4.78 is 31.7. The lowest BCUT2D eigenvalue weighted by Crippen LogP contribution is -2.55. The number of hydrogen-bond donors (Lipinski definition) is 3. The number of carboxylic acids is 1. The summed E-state index contributed by atoms with van der Waals surface area (Å²) in [5.41, 5.74) is -0.516. The van der Waals surface area contributed by atoms with Gasteiger partial charge in [-0.05, 0) is 26.8 Å². The van der Waals surface area contributed by atoms with Crippen LogP contribution >= 0.6 is 0 Å². The molecule has 1 fully saturated rings. The Bertz CT molecular complexity index is 218. The number of rotatable bonds is 1. The van der Waals surface area contributed by atoms with Gasteiger partial charge in [0.1, 0.15) is 0 Å². The van der Waals surface area contributed by atoms with Gasteiger partial charge in [-0.1, -0.05) is 0 Å². The number of alkyl halides is 3. The summed E-state index contributed by atoms with van der Waals surface area (Å²) in [5, 5.41) is 19.5. The van der Waals surface area contributed by atoms with Crippen LogP contribution in [-0.4, -0.2) is 40.5 Å². The minimum atomic E-state index is -5.08. The molecular formula is C8H14F3NO3. The Morgan fingerprint density at radius 3 is 1.73 bits per heavy atom. The molecule has 1 heterocycles. The van der Waals surface area contributed by atoms with Crippen molar-refractivity contribution in [3.05, 3.63) is 0 Å². The van der Waals surface area contributed by atoms with Crippen LogP contribution in [0.4, 0.5) is 13.2 Å². The molecule has 7 heteroatoms. The van der Waals surface area contributed by atoms with Gasteiger partial charge in [-0.15, -0.1) is 0 Å². The van der Waals surface area contributed by atoms with Crippen molar-refractivity contribution in [2.24, 2.45) is 0 Å². The summed E-state index contributed by atoms with van der Waals surface area (Å²) in [4.78, 5) is 8.90. The van der Waals surface area contributed by atoms with Gasteiger partial charge in [0.25, 0.3) is 0 Å². The summed E-state index contributed by atoms with van der Waals surface area (Å²) in [6.07, 6.45) is -3.97. The van der Waals surface area contributed by atoms with E-state index in [1.807, 2.05) is 13.8 Å². The number of carbonyl (C=O) groups is 1. The standard InChI is InChI=1S/C6H13NO.C2HF3O2/c1-6(2,8)5-3-4-7-5;3-2(4,5)1(6)7/h5,7-8H,3-4H2,1-2H3;(H,6,7)/t5-;/m1./s1. The van der Waals surface area contributed by atoms with Crippen LogP contribution in [0.2, 0.25) is 0 Å². The first-order valence-corrected chi connectivity index (χ1v) is 4.31. The predicted octanol–water partition coefficient (Wildman–Crippen LogP) is 0.752. The Labute approximate surface area is 85.1 Å². The molecule has 0 aromatic heterocycles. The second kappa shape index (κ2) is 4.80. The van der Waals surface area contributed by atoms with Crippen molar-refractivity contribution in [1.29, 1.82) is 0 Å². The molecule has 0 bridgehead atoms. The zero-order valence-corrected chi connectivity index (χ0v) is 8.43. The van der Waals surface area contributed by atoms with Gasteiger partial charge in [-0.3, -0.25) is 0 Å². The maximum atomic E-state index is 10.6. The second-order valence-electron chi connectivity index (χ2n) is 3.75. The van der Waals surface area contributed by atoms with Gasteiger partial charge in [0.2, 0.25) is 0 Å². The fraction of sp³-hybridized carbons (Fsp3) is 0.875. The van der Waals surface area contributed by atoms with Crippen molar-refractivity contribution in [3.63, 3.8) is 0 Å². The Kier molecular flexibility index (Phi) is 4.54. The van der Waals surface area contributed by atoms with Crippen LogP contribution in [0.5, 0.6) is 0 Å². The Hall–Kier alpha value is -0.820. The zero-order valence-electron chi connectivity index (χ0n) is 8.43. The molecule has 1 atom stereocenters. The van der Waals surface area contributed by atoms with Gasteiger partial charge in [0.05, 0.1) is 5.60 Å². The lowest BCUT2D eigenvalue weighted by molar-refractivity contribution is -0.192. The van der Waals surface area contributed by atoms with Crippen LogP contribution in [0, 0.1) is 0 Å². The molecule has 1 saturated heterocycles. The van der Waals surface area contributed by atoms with E-state index in [1.54, 1.807) is 0 Å². The molecular weight excluding hydrogens is 215 g/mol. The third kappa shape index (κ3) is 5.58. The number of aliphatic hydroxyl groups is 1. The van der Waals surface area contributed by atoms with E-state index < -0.39 is 17.7 Å². The molecule has 3 N–H and O–H groups in total. The highest BCUT2D eigenvalue weighted by Crippen LogP contribution is 2.16. The van der Waals surface area contributed by atoms with Crippen molar-refractivity contribution in [2.45, 2.75) is 38.1 Å². The van der Waals surface area contributed by atoms with Gasteiger partial charge < -0.3 is 15.5 Å². The number of nitrogens with one attached hydrogen (secondary N) is 1. The number of halogens is 3. The molecule has 90 valence electrons. The molecule has 0 amide bonds. The lowest BCUT2D eigenvalue weighted by atomic mass is 9.91. The number of aliphatic carboxylic acids is 1. The van der Waals surface area contributed by atoms with E-state index in [2.05, 4.69) is 5.32 Å². The fourth-order valence-electron chi connectivity index (χ4n) is 0.892. The first kappa shape index (κ1) is 14.2. The van der Waals surface area contributed by atoms with Crippen LogP contribution in [0.3, 0.4) is 0 Å². The van der Waals surface area contributed by atoms with Gasteiger partial charge in [0.15, 0.2) is 0 Å². The minimum absolute atomic E-state index is 0.336. The normalized spacial score (nSPS) is 21.1. The highest BCUT2D eigenvalue weighted by Gasteiger charge is 2.38. The van der Waals surface area contributed by atoms with Crippen LogP contribution in [-0.2, 0) is 4.79 Å². The molecule has 0 unspecified atom stereocenters. The van der Waals surface area contributed by atoms with E-state index >= 15 is 0 Å². The molecule has 15 heavy (non-hydrogen) atoms. The molecule has 1 aliphatic heterocycles. The maximum Gasteiger partial charge on any atom is 0.490 e. The molecule has 0 aromatic carbocycles. The highest BCUT2D eigenvalue weighted by molar-refractivity contribution is 5.73. The molecule has 1 aliphatic rings. The Balaban J connectivity index is 0.000000265. The molecule has 0 saturated carbocycles. The molecule has 0 radical (unpaired) electrons. The Morgan fingerprint density at radius 2 is 1.73 bits per heavy atom. The summed E-state index contributed by atoms with van der Waals surface area (Å²) in [7, 11) is 0. The van der Waals surface area contributed by atoms with E-state index in [1.165, 1.54) is 0 Å². The molecule has 0 spiro atoms. The van der Waals surface area contributed by atoms with E-state index in [4.69, 9.17) is 9.90 Å². The summed E-state index contributed by atoms with van der Waals surface area (Å²) in [6.45, 7) is 4.74. The first-order chi connectivity index (χ1) is 6.55.